The first-order valence-electron chi connectivity index (χ1n) is 7.08. The third-order valence-corrected chi connectivity index (χ3v) is 4.59. The van der Waals surface area contributed by atoms with Crippen molar-refractivity contribution in [2.45, 2.75) is 0 Å². The number of anilines is 1. The monoisotopic (exact) mass is 322 g/mol. The highest BCUT2D eigenvalue weighted by molar-refractivity contribution is 7.19. The molecular formula is C17H14N4OS. The summed E-state index contributed by atoms with van der Waals surface area (Å²) in [5, 5.41) is 0.552. The van der Waals surface area contributed by atoms with Crippen LogP contribution in [0, 0.1) is 0 Å². The number of nitrogen functional groups attached to an aromatic ring is 1. The van der Waals surface area contributed by atoms with Gasteiger partial charge in [0.05, 0.1) is 17.7 Å². The lowest BCUT2D eigenvalue weighted by molar-refractivity contribution is 0.415. The summed E-state index contributed by atoms with van der Waals surface area (Å²) in [5.74, 6) is 0.818. The van der Waals surface area contributed by atoms with Crippen LogP contribution in [0.4, 0.5) is 5.13 Å². The van der Waals surface area contributed by atoms with Gasteiger partial charge in [0.15, 0.2) is 5.13 Å². The number of hydrogen-bond acceptors (Lipinski definition) is 5. The molecule has 0 saturated carbocycles. The molecule has 6 heteroatoms. The van der Waals surface area contributed by atoms with Crippen molar-refractivity contribution in [1.82, 2.24) is 14.4 Å². The predicted octanol–water partition coefficient (Wildman–Crippen LogP) is 3.72. The van der Waals surface area contributed by atoms with Gasteiger partial charge in [0.1, 0.15) is 11.4 Å². The number of imidazole rings is 1. The molecule has 23 heavy (non-hydrogen) atoms. The molecule has 0 aliphatic heterocycles. The molecule has 5 nitrogen and oxygen atoms in total. The van der Waals surface area contributed by atoms with Gasteiger partial charge in [-0.15, -0.1) is 0 Å². The lowest BCUT2D eigenvalue weighted by Crippen LogP contribution is -1.88. The maximum atomic E-state index is 5.97. The number of ether oxygens (including phenoxy) is 1. The summed E-state index contributed by atoms with van der Waals surface area (Å²) in [6, 6.07) is 11.9. The van der Waals surface area contributed by atoms with Crippen LogP contribution >= 0.6 is 11.3 Å². The van der Waals surface area contributed by atoms with Crippen molar-refractivity contribution in [3.05, 3.63) is 55.0 Å². The molecule has 0 saturated heterocycles. The van der Waals surface area contributed by atoms with E-state index >= 15 is 0 Å². The molecule has 4 aromatic rings. The average molecular weight is 322 g/mol. The van der Waals surface area contributed by atoms with E-state index in [4.69, 9.17) is 10.5 Å². The first-order chi connectivity index (χ1) is 11.2. The third-order valence-electron chi connectivity index (χ3n) is 3.66. The van der Waals surface area contributed by atoms with Gasteiger partial charge in [0.25, 0.3) is 0 Å². The number of rotatable bonds is 3. The van der Waals surface area contributed by atoms with Gasteiger partial charge >= 0.3 is 0 Å². The van der Waals surface area contributed by atoms with Gasteiger partial charge in [-0.1, -0.05) is 11.3 Å². The quantitative estimate of drug-likeness (QED) is 0.624. The number of benzene rings is 1. The third kappa shape index (κ3) is 2.43. The second kappa shape index (κ2) is 5.40. The SMILES string of the molecule is COc1ccc(-c2nc(N)sc2-c2ccc3nccn3c2)cc1. The Hall–Kier alpha value is -2.86. The normalized spacial score (nSPS) is 11.0. The lowest BCUT2D eigenvalue weighted by atomic mass is 10.1. The van der Waals surface area contributed by atoms with Crippen molar-refractivity contribution in [3.8, 4) is 27.4 Å². The average Bonchev–Trinajstić information content (AvgIpc) is 3.20. The summed E-state index contributed by atoms with van der Waals surface area (Å²) in [6.45, 7) is 0. The van der Waals surface area contributed by atoms with Crippen LogP contribution in [-0.4, -0.2) is 21.5 Å². The van der Waals surface area contributed by atoms with E-state index < -0.39 is 0 Å². The number of aromatic nitrogens is 3. The fourth-order valence-corrected chi connectivity index (χ4v) is 3.38. The second-order valence-corrected chi connectivity index (χ2v) is 6.10. The van der Waals surface area contributed by atoms with Crippen LogP contribution in [0.1, 0.15) is 0 Å². The Kier molecular flexibility index (Phi) is 3.24. The summed E-state index contributed by atoms with van der Waals surface area (Å²) in [4.78, 5) is 9.83. The molecule has 0 atom stereocenters. The molecule has 2 N–H and O–H groups in total. The fraction of sp³-hybridized carbons (Fsp3) is 0.0588. The van der Waals surface area contributed by atoms with Crippen LogP contribution in [0.3, 0.4) is 0 Å². The summed E-state index contributed by atoms with van der Waals surface area (Å²) in [7, 11) is 1.65. The van der Waals surface area contributed by atoms with E-state index in [-0.39, 0.29) is 0 Å². The Morgan fingerprint density at radius 2 is 1.87 bits per heavy atom. The smallest absolute Gasteiger partial charge is 0.181 e. The summed E-state index contributed by atoms with van der Waals surface area (Å²) >= 11 is 1.49. The molecule has 0 aliphatic carbocycles. The summed E-state index contributed by atoms with van der Waals surface area (Å²) in [5.41, 5.74) is 9.84. The van der Waals surface area contributed by atoms with Crippen LogP contribution < -0.4 is 10.5 Å². The van der Waals surface area contributed by atoms with Crippen molar-refractivity contribution in [3.63, 3.8) is 0 Å². The standard InChI is InChI=1S/C17H14N4OS/c1-22-13-5-2-11(3-6-13)15-16(23-17(18)20-15)12-4-7-14-19-8-9-21(14)10-12/h2-10H,1H3,(H2,18,20). The van der Waals surface area contributed by atoms with Gasteiger partial charge in [-0.3, -0.25) is 0 Å². The van der Waals surface area contributed by atoms with Crippen LogP contribution in [-0.2, 0) is 0 Å². The molecule has 0 unspecified atom stereocenters. The lowest BCUT2D eigenvalue weighted by Gasteiger charge is -2.05. The molecule has 0 bridgehead atoms. The van der Waals surface area contributed by atoms with E-state index in [1.807, 2.05) is 53.2 Å². The van der Waals surface area contributed by atoms with Crippen molar-refractivity contribution in [2.75, 3.05) is 12.8 Å². The minimum atomic E-state index is 0.552. The molecule has 0 amide bonds. The molecule has 3 heterocycles. The Morgan fingerprint density at radius 3 is 2.65 bits per heavy atom. The van der Waals surface area contributed by atoms with Gasteiger partial charge < -0.3 is 14.9 Å². The summed E-state index contributed by atoms with van der Waals surface area (Å²) in [6.07, 6.45) is 5.75. The molecule has 3 aromatic heterocycles. The van der Waals surface area contributed by atoms with Crippen LogP contribution in [0.2, 0.25) is 0 Å². The highest BCUT2D eigenvalue weighted by Gasteiger charge is 2.14. The largest absolute Gasteiger partial charge is 0.497 e. The zero-order valence-corrected chi connectivity index (χ0v) is 13.2. The van der Waals surface area contributed by atoms with Crippen LogP contribution in [0.5, 0.6) is 5.75 Å². The van der Waals surface area contributed by atoms with E-state index in [1.165, 1.54) is 11.3 Å². The number of thiazole rings is 1. The molecule has 0 radical (unpaired) electrons. The minimum Gasteiger partial charge on any atom is -0.497 e. The Labute approximate surface area is 137 Å². The molecule has 114 valence electrons. The molecular weight excluding hydrogens is 308 g/mol. The zero-order chi connectivity index (χ0) is 15.8. The number of pyridine rings is 1. The van der Waals surface area contributed by atoms with E-state index in [0.29, 0.717) is 5.13 Å². The Morgan fingerprint density at radius 1 is 1.09 bits per heavy atom. The van der Waals surface area contributed by atoms with Gasteiger partial charge in [0.2, 0.25) is 0 Å². The minimum absolute atomic E-state index is 0.552. The van der Waals surface area contributed by atoms with Crippen molar-refractivity contribution < 1.29 is 4.74 Å². The molecule has 0 fully saturated rings. The number of fused-ring (bicyclic) bond motifs is 1. The van der Waals surface area contributed by atoms with Crippen molar-refractivity contribution in [1.29, 1.82) is 0 Å². The highest BCUT2D eigenvalue weighted by atomic mass is 32.1. The van der Waals surface area contributed by atoms with Gasteiger partial charge in [-0.2, -0.15) is 0 Å². The molecule has 4 rings (SSSR count). The van der Waals surface area contributed by atoms with E-state index in [2.05, 4.69) is 9.97 Å². The molecule has 0 spiro atoms. The Bertz CT molecular complexity index is 972. The maximum absolute atomic E-state index is 5.97. The van der Waals surface area contributed by atoms with Gasteiger partial charge in [0, 0.05) is 29.7 Å². The number of nitrogens with two attached hydrogens (primary N) is 1. The van der Waals surface area contributed by atoms with Crippen LogP contribution in [0.25, 0.3) is 27.3 Å². The van der Waals surface area contributed by atoms with Gasteiger partial charge in [-0.05, 0) is 36.4 Å². The Balaban J connectivity index is 1.85. The number of nitrogens with zero attached hydrogens (tertiary/aromatic N) is 3. The highest BCUT2D eigenvalue weighted by Crippen LogP contribution is 2.38. The second-order valence-electron chi connectivity index (χ2n) is 5.07. The number of methoxy groups -OCH3 is 1. The van der Waals surface area contributed by atoms with Crippen molar-refractivity contribution in [2.24, 2.45) is 0 Å². The van der Waals surface area contributed by atoms with E-state index in [0.717, 1.165) is 33.1 Å². The predicted molar refractivity (Wildman–Crippen MR) is 92.7 cm³/mol. The van der Waals surface area contributed by atoms with Gasteiger partial charge in [-0.25, -0.2) is 9.97 Å². The molecule has 1 aromatic carbocycles. The topological polar surface area (TPSA) is 65.4 Å². The first kappa shape index (κ1) is 13.8. The zero-order valence-electron chi connectivity index (χ0n) is 12.4. The maximum Gasteiger partial charge on any atom is 0.181 e. The van der Waals surface area contributed by atoms with Crippen molar-refractivity contribution >= 4 is 22.1 Å². The van der Waals surface area contributed by atoms with E-state index in [1.54, 1.807) is 13.3 Å². The molecule has 0 aliphatic rings. The van der Waals surface area contributed by atoms with Crippen LogP contribution in [0.15, 0.2) is 55.0 Å². The fourth-order valence-electron chi connectivity index (χ4n) is 2.53. The first-order valence-corrected chi connectivity index (χ1v) is 7.90. The summed E-state index contributed by atoms with van der Waals surface area (Å²) < 4.78 is 7.20. The van der Waals surface area contributed by atoms with E-state index in [9.17, 15) is 0 Å². The number of hydrogen-bond donors (Lipinski definition) is 1.